The van der Waals surface area contributed by atoms with Gasteiger partial charge in [-0.1, -0.05) is 18.6 Å². The number of aliphatic hydroxyl groups is 1. The minimum absolute atomic E-state index is 0.0571. The maximum atomic E-state index is 11.0. The Balaban J connectivity index is 2.56. The van der Waals surface area contributed by atoms with E-state index in [4.69, 9.17) is 4.74 Å². The van der Waals surface area contributed by atoms with Gasteiger partial charge in [0.1, 0.15) is 17.1 Å². The van der Waals surface area contributed by atoms with Crippen molar-refractivity contribution in [1.29, 1.82) is 0 Å². The van der Waals surface area contributed by atoms with Crippen molar-refractivity contribution >= 4 is 5.69 Å². The number of methoxy groups -OCH3 is 1. The van der Waals surface area contributed by atoms with Gasteiger partial charge in [0.15, 0.2) is 0 Å². The molecule has 1 aromatic heterocycles. The van der Waals surface area contributed by atoms with E-state index in [0.717, 1.165) is 18.5 Å². The quantitative estimate of drug-likeness (QED) is 0.620. The average molecular weight is 306 g/mol. The molecule has 0 atom stereocenters. The summed E-state index contributed by atoms with van der Waals surface area (Å²) in [5, 5.41) is 28.3. The van der Waals surface area contributed by atoms with Gasteiger partial charge in [-0.2, -0.15) is 0 Å². The third-order valence-corrected chi connectivity index (χ3v) is 3.36. The molecule has 0 unspecified atom stereocenters. The lowest BCUT2D eigenvalue weighted by molar-refractivity contribution is -0.384. The number of nitro benzene ring substituents is 1. The zero-order chi connectivity index (χ0) is 16.1. The number of non-ortho nitro benzene ring substituents is 1. The normalized spacial score (nSPS) is 10.7. The second kappa shape index (κ2) is 6.99. The molecule has 8 heteroatoms. The molecule has 0 amide bonds. The molecule has 1 heterocycles. The smallest absolute Gasteiger partial charge is 0.271 e. The van der Waals surface area contributed by atoms with Gasteiger partial charge < -0.3 is 9.84 Å². The Labute approximate surface area is 127 Å². The Morgan fingerprint density at radius 2 is 2.23 bits per heavy atom. The van der Waals surface area contributed by atoms with Crippen LogP contribution in [-0.4, -0.2) is 32.1 Å². The molecule has 8 nitrogen and oxygen atoms in total. The van der Waals surface area contributed by atoms with Crippen LogP contribution in [0.25, 0.3) is 5.69 Å². The van der Waals surface area contributed by atoms with Crippen LogP contribution in [-0.2, 0) is 13.0 Å². The van der Waals surface area contributed by atoms with E-state index in [2.05, 4.69) is 17.2 Å². The molecule has 0 radical (unpaired) electrons. The van der Waals surface area contributed by atoms with Crippen molar-refractivity contribution in [1.82, 2.24) is 15.0 Å². The average Bonchev–Trinajstić information content (AvgIpc) is 2.94. The van der Waals surface area contributed by atoms with Crippen LogP contribution in [0.4, 0.5) is 5.69 Å². The van der Waals surface area contributed by atoms with Gasteiger partial charge in [-0.3, -0.25) is 10.1 Å². The highest BCUT2D eigenvalue weighted by molar-refractivity contribution is 5.54. The van der Waals surface area contributed by atoms with Crippen LogP contribution >= 0.6 is 0 Å². The number of ether oxygens (including phenoxy) is 1. The number of hydrogen-bond acceptors (Lipinski definition) is 6. The molecule has 0 aliphatic carbocycles. The van der Waals surface area contributed by atoms with E-state index >= 15 is 0 Å². The molecule has 0 aliphatic rings. The zero-order valence-electron chi connectivity index (χ0n) is 12.5. The second-order valence-corrected chi connectivity index (χ2v) is 4.77. The van der Waals surface area contributed by atoms with E-state index in [1.54, 1.807) is 0 Å². The first-order chi connectivity index (χ1) is 10.6. The van der Waals surface area contributed by atoms with Gasteiger partial charge in [0.25, 0.3) is 5.69 Å². The van der Waals surface area contributed by atoms with Crippen LogP contribution in [0, 0.1) is 10.1 Å². The molecule has 0 fully saturated rings. The van der Waals surface area contributed by atoms with Gasteiger partial charge in [0.2, 0.25) is 0 Å². The van der Waals surface area contributed by atoms with Gasteiger partial charge in [-0.05, 0) is 18.9 Å². The summed E-state index contributed by atoms with van der Waals surface area (Å²) in [4.78, 5) is 10.5. The van der Waals surface area contributed by atoms with Gasteiger partial charge >= 0.3 is 0 Å². The lowest BCUT2D eigenvalue weighted by Crippen LogP contribution is -2.06. The first-order valence-corrected chi connectivity index (χ1v) is 6.99. The Bertz CT molecular complexity index is 669. The van der Waals surface area contributed by atoms with E-state index in [1.165, 1.54) is 30.0 Å². The van der Waals surface area contributed by atoms with Gasteiger partial charge in [-0.15, -0.1) is 5.10 Å². The number of benzene rings is 1. The molecule has 2 rings (SSSR count). The molecule has 1 aromatic carbocycles. The highest BCUT2D eigenvalue weighted by atomic mass is 16.6. The summed E-state index contributed by atoms with van der Waals surface area (Å²) in [6, 6.07) is 4.29. The molecule has 0 spiro atoms. The van der Waals surface area contributed by atoms with Crippen molar-refractivity contribution in [2.45, 2.75) is 32.8 Å². The summed E-state index contributed by atoms with van der Waals surface area (Å²) in [6.45, 7) is 1.83. The fraction of sp³-hybridized carbons (Fsp3) is 0.429. The van der Waals surface area contributed by atoms with Crippen LogP contribution in [0.1, 0.15) is 31.2 Å². The first kappa shape index (κ1) is 15.9. The van der Waals surface area contributed by atoms with Gasteiger partial charge in [0.05, 0.1) is 24.3 Å². The summed E-state index contributed by atoms with van der Waals surface area (Å²) < 4.78 is 6.77. The fourth-order valence-corrected chi connectivity index (χ4v) is 2.20. The molecule has 0 saturated heterocycles. The third kappa shape index (κ3) is 3.06. The minimum Gasteiger partial charge on any atom is -0.494 e. The van der Waals surface area contributed by atoms with E-state index in [-0.39, 0.29) is 12.3 Å². The topological polar surface area (TPSA) is 103 Å². The minimum atomic E-state index is -0.474. The monoisotopic (exact) mass is 306 g/mol. The highest BCUT2D eigenvalue weighted by Crippen LogP contribution is 2.29. The standard InChI is InChI=1S/C14H18N4O4/c1-3-4-5-12-11(9-19)15-16-17(12)13-8-10(18(20)21)6-7-14(13)22-2/h6-8,19H,3-5,9H2,1-2H3. The summed E-state index contributed by atoms with van der Waals surface area (Å²) in [5.41, 5.74) is 1.60. The SMILES string of the molecule is CCCCc1c(CO)nnn1-c1cc([N+](=O)[O-])ccc1OC. The summed E-state index contributed by atoms with van der Waals surface area (Å²) in [7, 11) is 1.49. The Morgan fingerprint density at radius 3 is 2.82 bits per heavy atom. The van der Waals surface area contributed by atoms with Crippen molar-refractivity contribution in [3.05, 3.63) is 39.7 Å². The molecule has 118 valence electrons. The number of nitrogens with zero attached hydrogens (tertiary/aromatic N) is 4. The predicted molar refractivity (Wildman–Crippen MR) is 79.1 cm³/mol. The van der Waals surface area contributed by atoms with Crippen molar-refractivity contribution in [3.63, 3.8) is 0 Å². The third-order valence-electron chi connectivity index (χ3n) is 3.36. The Hall–Kier alpha value is -2.48. The Kier molecular flexibility index (Phi) is 5.05. The number of hydrogen-bond donors (Lipinski definition) is 1. The maximum Gasteiger partial charge on any atom is 0.271 e. The van der Waals surface area contributed by atoms with Crippen LogP contribution in [0.2, 0.25) is 0 Å². The summed E-state index contributed by atoms with van der Waals surface area (Å²) >= 11 is 0. The number of unbranched alkanes of at least 4 members (excludes halogenated alkanes) is 1. The summed E-state index contributed by atoms with van der Waals surface area (Å²) in [6.07, 6.45) is 2.55. The van der Waals surface area contributed by atoms with Crippen LogP contribution in [0.5, 0.6) is 5.75 Å². The number of rotatable bonds is 7. The first-order valence-electron chi connectivity index (χ1n) is 6.99. The lowest BCUT2D eigenvalue weighted by atomic mass is 10.1. The van der Waals surface area contributed by atoms with Crippen molar-refractivity contribution < 1.29 is 14.8 Å². The molecular formula is C14H18N4O4. The Morgan fingerprint density at radius 1 is 1.45 bits per heavy atom. The maximum absolute atomic E-state index is 11.0. The molecule has 22 heavy (non-hydrogen) atoms. The number of aromatic nitrogens is 3. The summed E-state index contributed by atoms with van der Waals surface area (Å²) in [5.74, 6) is 0.456. The fourth-order valence-electron chi connectivity index (χ4n) is 2.20. The largest absolute Gasteiger partial charge is 0.494 e. The van der Waals surface area contributed by atoms with E-state index in [0.29, 0.717) is 23.6 Å². The molecular weight excluding hydrogens is 288 g/mol. The van der Waals surface area contributed by atoms with Crippen LogP contribution in [0.3, 0.4) is 0 Å². The van der Waals surface area contributed by atoms with Gasteiger partial charge in [0, 0.05) is 12.1 Å². The van der Waals surface area contributed by atoms with E-state index in [1.807, 2.05) is 0 Å². The van der Waals surface area contributed by atoms with Crippen molar-refractivity contribution in [2.75, 3.05) is 7.11 Å². The van der Waals surface area contributed by atoms with Crippen LogP contribution < -0.4 is 4.74 Å². The lowest BCUT2D eigenvalue weighted by Gasteiger charge is -2.11. The van der Waals surface area contributed by atoms with E-state index < -0.39 is 4.92 Å². The van der Waals surface area contributed by atoms with Crippen LogP contribution in [0.15, 0.2) is 18.2 Å². The van der Waals surface area contributed by atoms with Gasteiger partial charge in [-0.25, -0.2) is 4.68 Å². The van der Waals surface area contributed by atoms with Crippen molar-refractivity contribution in [2.24, 2.45) is 0 Å². The van der Waals surface area contributed by atoms with Crippen molar-refractivity contribution in [3.8, 4) is 11.4 Å². The molecule has 0 aliphatic heterocycles. The molecule has 1 N–H and O–H groups in total. The predicted octanol–water partition coefficient (Wildman–Crippen LogP) is 2.02. The highest BCUT2D eigenvalue weighted by Gasteiger charge is 2.19. The second-order valence-electron chi connectivity index (χ2n) is 4.77. The molecule has 2 aromatic rings. The number of nitro groups is 1. The molecule has 0 bridgehead atoms. The zero-order valence-corrected chi connectivity index (χ0v) is 12.5. The number of aliphatic hydroxyl groups excluding tert-OH is 1. The van der Waals surface area contributed by atoms with E-state index in [9.17, 15) is 15.2 Å². The molecule has 0 saturated carbocycles.